The highest BCUT2D eigenvalue weighted by Crippen LogP contribution is 2.23. The van der Waals surface area contributed by atoms with Crippen LogP contribution in [0, 0.1) is 0 Å². The first-order chi connectivity index (χ1) is 13.5. The molecule has 1 aromatic heterocycles. The van der Waals surface area contributed by atoms with Crippen LogP contribution in [0.3, 0.4) is 0 Å². The van der Waals surface area contributed by atoms with E-state index in [1.807, 2.05) is 53.9 Å². The Kier molecular flexibility index (Phi) is 7.35. The number of hydrogen-bond acceptors (Lipinski definition) is 6. The van der Waals surface area contributed by atoms with Crippen LogP contribution in [0.1, 0.15) is 72.1 Å². The summed E-state index contributed by atoms with van der Waals surface area (Å²) in [6, 6.07) is -0.0487. The first-order valence-corrected chi connectivity index (χ1v) is 10.3. The Bertz CT molecular complexity index is 724. The monoisotopic (exact) mass is 407 g/mol. The van der Waals surface area contributed by atoms with E-state index >= 15 is 0 Å². The van der Waals surface area contributed by atoms with E-state index in [1.54, 1.807) is 0 Å². The summed E-state index contributed by atoms with van der Waals surface area (Å²) in [5.41, 5.74) is 1.16. The van der Waals surface area contributed by atoms with Crippen molar-refractivity contribution in [1.29, 1.82) is 0 Å². The second kappa shape index (κ2) is 9.17. The average Bonchev–Trinajstić information content (AvgIpc) is 3.01. The molecule has 0 bridgehead atoms. The number of hydrogen-bond donors (Lipinski definition) is 3. The van der Waals surface area contributed by atoms with E-state index in [-0.39, 0.29) is 17.6 Å². The zero-order valence-corrected chi connectivity index (χ0v) is 19.0. The number of ether oxygens (including phenoxy) is 2. The molecular formula is C21H37N5O3. The molecule has 0 spiro atoms. The average molecular weight is 408 g/mol. The minimum Gasteiger partial charge on any atom is -0.444 e. The number of likely N-dealkylation sites (N-methyl/N-ethyl adjacent to an activating group) is 1. The molecule has 2 rings (SSSR count). The quantitative estimate of drug-likeness (QED) is 0.614. The number of amides is 1. The molecule has 0 aliphatic carbocycles. The summed E-state index contributed by atoms with van der Waals surface area (Å²) >= 11 is 0. The third-order valence-corrected chi connectivity index (χ3v) is 4.92. The third kappa shape index (κ3) is 5.96. The molecule has 8 heteroatoms. The van der Waals surface area contributed by atoms with Crippen molar-refractivity contribution in [3.8, 4) is 0 Å². The van der Waals surface area contributed by atoms with Gasteiger partial charge in [-0.2, -0.15) is 0 Å². The van der Waals surface area contributed by atoms with E-state index in [4.69, 9.17) is 14.5 Å². The lowest BCUT2D eigenvalue weighted by Gasteiger charge is -2.41. The van der Waals surface area contributed by atoms with Gasteiger partial charge in [-0.3, -0.25) is 0 Å². The molecule has 1 amide bonds. The number of aromatic nitrogens is 2. The fraction of sp³-hybridized carbons (Fsp3) is 0.714. The number of imidazole rings is 1. The van der Waals surface area contributed by atoms with Crippen LogP contribution in [0.15, 0.2) is 12.3 Å². The Morgan fingerprint density at radius 2 is 2.03 bits per heavy atom. The van der Waals surface area contributed by atoms with Crippen molar-refractivity contribution < 1.29 is 14.3 Å². The van der Waals surface area contributed by atoms with Crippen molar-refractivity contribution in [2.24, 2.45) is 0 Å². The van der Waals surface area contributed by atoms with Gasteiger partial charge in [-0.05, 0) is 55.5 Å². The molecular weight excluding hydrogens is 370 g/mol. The van der Waals surface area contributed by atoms with Crippen molar-refractivity contribution in [3.63, 3.8) is 0 Å². The number of carbonyl (C=O) groups excluding carboxylic acids is 1. The zero-order valence-electron chi connectivity index (χ0n) is 19.0. The topological polar surface area (TPSA) is 89.4 Å². The number of allylic oxidation sites excluding steroid dienone is 1. The van der Waals surface area contributed by atoms with Crippen molar-refractivity contribution in [2.75, 3.05) is 26.8 Å². The fourth-order valence-electron chi connectivity index (χ4n) is 3.03. The second-order valence-corrected chi connectivity index (χ2v) is 8.94. The lowest BCUT2D eigenvalue weighted by molar-refractivity contribution is -0.0676. The van der Waals surface area contributed by atoms with Gasteiger partial charge in [-0.15, -0.1) is 0 Å². The van der Waals surface area contributed by atoms with E-state index in [0.717, 1.165) is 23.8 Å². The first-order valence-electron chi connectivity index (χ1n) is 10.3. The van der Waals surface area contributed by atoms with Crippen LogP contribution in [-0.2, 0) is 9.47 Å². The SMILES string of the molecule is C/C=C(/NCC1(NC)COC1)c1nc([C@@H](C)NC(=O)OC(C)(C)C)cn1C(C)C. The van der Waals surface area contributed by atoms with Crippen molar-refractivity contribution in [1.82, 2.24) is 25.5 Å². The number of alkyl carbamates (subject to hydrolysis) is 1. The van der Waals surface area contributed by atoms with Crippen LogP contribution in [0.5, 0.6) is 0 Å². The molecule has 0 radical (unpaired) electrons. The Hall–Kier alpha value is -2.06. The van der Waals surface area contributed by atoms with Crippen LogP contribution < -0.4 is 16.0 Å². The highest BCUT2D eigenvalue weighted by Gasteiger charge is 2.37. The number of nitrogens with one attached hydrogen (secondary N) is 3. The molecule has 2 heterocycles. The molecule has 1 aliphatic heterocycles. The molecule has 1 aromatic rings. The Morgan fingerprint density at radius 1 is 1.38 bits per heavy atom. The van der Waals surface area contributed by atoms with Gasteiger partial charge in [0.05, 0.1) is 36.2 Å². The molecule has 1 fully saturated rings. The van der Waals surface area contributed by atoms with Crippen LogP contribution in [-0.4, -0.2) is 53.6 Å². The highest BCUT2D eigenvalue weighted by atomic mass is 16.6. The van der Waals surface area contributed by atoms with Gasteiger partial charge in [-0.25, -0.2) is 9.78 Å². The summed E-state index contributed by atoms with van der Waals surface area (Å²) in [7, 11) is 1.96. The highest BCUT2D eigenvalue weighted by molar-refractivity contribution is 5.68. The summed E-state index contributed by atoms with van der Waals surface area (Å²) < 4.78 is 12.9. The molecule has 1 saturated heterocycles. The number of carbonyl (C=O) groups is 1. The second-order valence-electron chi connectivity index (χ2n) is 8.94. The van der Waals surface area contributed by atoms with E-state index in [2.05, 4.69) is 34.4 Å². The summed E-state index contributed by atoms with van der Waals surface area (Å²) in [5, 5.41) is 9.73. The third-order valence-electron chi connectivity index (χ3n) is 4.92. The van der Waals surface area contributed by atoms with Gasteiger partial charge in [0.2, 0.25) is 0 Å². The van der Waals surface area contributed by atoms with Gasteiger partial charge in [0, 0.05) is 18.8 Å². The van der Waals surface area contributed by atoms with E-state index in [1.165, 1.54) is 0 Å². The van der Waals surface area contributed by atoms with Gasteiger partial charge in [0.1, 0.15) is 5.60 Å². The first kappa shape index (κ1) is 23.2. The molecule has 0 aromatic carbocycles. The summed E-state index contributed by atoms with van der Waals surface area (Å²) in [6.45, 7) is 15.8. The van der Waals surface area contributed by atoms with Crippen molar-refractivity contribution >= 4 is 11.8 Å². The number of rotatable bonds is 8. The van der Waals surface area contributed by atoms with Gasteiger partial charge in [-0.1, -0.05) is 6.08 Å². The number of nitrogens with zero attached hydrogens (tertiary/aromatic N) is 2. The minimum atomic E-state index is -0.539. The Morgan fingerprint density at radius 3 is 2.48 bits per heavy atom. The van der Waals surface area contributed by atoms with Gasteiger partial charge in [0.15, 0.2) is 5.82 Å². The Balaban J connectivity index is 2.16. The van der Waals surface area contributed by atoms with Gasteiger partial charge in [0.25, 0.3) is 0 Å². The maximum Gasteiger partial charge on any atom is 0.408 e. The predicted octanol–water partition coefficient (Wildman–Crippen LogP) is 2.99. The standard InChI is InChI=1S/C21H37N5O3/c1-9-16(23-11-21(22-8)12-28-13-21)18-25-17(10-26(18)14(2)3)15(4)24-19(27)29-20(5,6)7/h9-10,14-15,22-23H,11-13H2,1-8H3,(H,24,27)/b16-9+/t15-/m1/s1. The van der Waals surface area contributed by atoms with Gasteiger partial charge < -0.3 is 30.0 Å². The molecule has 0 unspecified atom stereocenters. The lowest BCUT2D eigenvalue weighted by Crippen LogP contribution is -2.64. The summed E-state index contributed by atoms with van der Waals surface area (Å²) in [6.07, 6.45) is 3.57. The molecule has 0 saturated carbocycles. The van der Waals surface area contributed by atoms with Crippen molar-refractivity contribution in [2.45, 2.75) is 71.7 Å². The molecule has 1 atom stereocenters. The molecule has 8 nitrogen and oxygen atoms in total. The van der Waals surface area contributed by atoms with Gasteiger partial charge >= 0.3 is 6.09 Å². The van der Waals surface area contributed by atoms with E-state index in [0.29, 0.717) is 13.2 Å². The largest absolute Gasteiger partial charge is 0.444 e. The molecule has 164 valence electrons. The zero-order chi connectivity index (χ0) is 21.8. The van der Waals surface area contributed by atoms with Crippen LogP contribution in [0.4, 0.5) is 4.79 Å². The lowest BCUT2D eigenvalue weighted by atomic mass is 9.97. The van der Waals surface area contributed by atoms with Crippen LogP contribution >= 0.6 is 0 Å². The minimum absolute atomic E-state index is 0.0437. The molecule has 1 aliphatic rings. The van der Waals surface area contributed by atoms with Crippen molar-refractivity contribution in [3.05, 3.63) is 23.8 Å². The van der Waals surface area contributed by atoms with E-state index < -0.39 is 11.7 Å². The maximum atomic E-state index is 12.1. The predicted molar refractivity (Wildman–Crippen MR) is 115 cm³/mol. The fourth-order valence-corrected chi connectivity index (χ4v) is 3.03. The van der Waals surface area contributed by atoms with Crippen LogP contribution in [0.2, 0.25) is 0 Å². The Labute approximate surface area is 174 Å². The summed E-state index contributed by atoms with van der Waals surface area (Å²) in [4.78, 5) is 17.0. The smallest absolute Gasteiger partial charge is 0.408 e. The molecule has 3 N–H and O–H groups in total. The van der Waals surface area contributed by atoms with E-state index in [9.17, 15) is 4.79 Å². The normalized spacial score (nSPS) is 17.6. The van der Waals surface area contributed by atoms with Crippen LogP contribution in [0.25, 0.3) is 5.70 Å². The maximum absolute atomic E-state index is 12.1. The molecule has 29 heavy (non-hydrogen) atoms. The summed E-state index contributed by atoms with van der Waals surface area (Å²) in [5.74, 6) is 0.849.